The van der Waals surface area contributed by atoms with Crippen LogP contribution in [0.5, 0.6) is 5.75 Å². The van der Waals surface area contributed by atoms with Crippen molar-refractivity contribution in [2.75, 3.05) is 13.7 Å². The second-order valence-corrected chi connectivity index (χ2v) is 7.49. The van der Waals surface area contributed by atoms with E-state index in [1.807, 2.05) is 6.92 Å². The lowest BCUT2D eigenvalue weighted by Gasteiger charge is -2.17. The zero-order valence-corrected chi connectivity index (χ0v) is 15.7. The molecule has 1 aromatic carbocycles. The molecule has 2 N–H and O–H groups in total. The zero-order valence-electron chi connectivity index (χ0n) is 14.9. The number of methoxy groups -OCH3 is 1. The summed E-state index contributed by atoms with van der Waals surface area (Å²) in [4.78, 5) is 12.2. The Hall–Kier alpha value is -2.32. The molecular formula is C18H24N2O5S. The Bertz CT molecular complexity index is 785. The number of ether oxygens (including phenoxy) is 1. The lowest BCUT2D eigenvalue weighted by molar-refractivity contribution is -0.121. The standard InChI is InChI=1S/C18H24N2O5S/c1-3-4-11-19-18(21)13-16(17-6-5-12-25-17)20-26(22,23)15-9-7-14(24-2)8-10-15/h5-10,12,16,20H,3-4,11,13H2,1-2H3,(H,19,21)/t16-/m1/s1. The van der Waals surface area contributed by atoms with Crippen molar-refractivity contribution in [2.24, 2.45) is 0 Å². The van der Waals surface area contributed by atoms with Gasteiger partial charge in [-0.1, -0.05) is 13.3 Å². The van der Waals surface area contributed by atoms with Gasteiger partial charge in [-0.05, 0) is 42.8 Å². The monoisotopic (exact) mass is 380 g/mol. The van der Waals surface area contributed by atoms with Gasteiger partial charge in [0.05, 0.1) is 30.7 Å². The topological polar surface area (TPSA) is 97.6 Å². The Balaban J connectivity index is 2.13. The van der Waals surface area contributed by atoms with Crippen LogP contribution in [0.15, 0.2) is 52.0 Å². The minimum atomic E-state index is -3.83. The molecule has 0 aliphatic rings. The minimum Gasteiger partial charge on any atom is -0.497 e. The van der Waals surface area contributed by atoms with E-state index in [9.17, 15) is 13.2 Å². The van der Waals surface area contributed by atoms with Gasteiger partial charge in [-0.25, -0.2) is 8.42 Å². The van der Waals surface area contributed by atoms with Gasteiger partial charge in [-0.3, -0.25) is 4.79 Å². The van der Waals surface area contributed by atoms with E-state index in [1.165, 1.54) is 25.5 Å². The lowest BCUT2D eigenvalue weighted by Crippen LogP contribution is -2.34. The van der Waals surface area contributed by atoms with Crippen LogP contribution in [0.1, 0.15) is 38.0 Å². The van der Waals surface area contributed by atoms with Crippen LogP contribution in [0.3, 0.4) is 0 Å². The van der Waals surface area contributed by atoms with Crippen LogP contribution < -0.4 is 14.8 Å². The summed E-state index contributed by atoms with van der Waals surface area (Å²) < 4.78 is 38.2. The molecule has 0 aliphatic heterocycles. The summed E-state index contributed by atoms with van der Waals surface area (Å²) in [5, 5.41) is 2.78. The van der Waals surface area contributed by atoms with Crippen LogP contribution in [-0.2, 0) is 14.8 Å². The molecule has 0 saturated heterocycles. The molecule has 0 saturated carbocycles. The van der Waals surface area contributed by atoms with Crippen molar-refractivity contribution in [2.45, 2.75) is 37.1 Å². The van der Waals surface area contributed by atoms with E-state index in [4.69, 9.17) is 9.15 Å². The first-order valence-corrected chi connectivity index (χ1v) is 9.91. The fourth-order valence-corrected chi connectivity index (χ4v) is 3.57. The Morgan fingerprint density at radius 3 is 2.54 bits per heavy atom. The molecule has 0 radical (unpaired) electrons. The highest BCUT2D eigenvalue weighted by Crippen LogP contribution is 2.22. The summed E-state index contributed by atoms with van der Waals surface area (Å²) >= 11 is 0. The molecule has 2 rings (SSSR count). The van der Waals surface area contributed by atoms with E-state index in [2.05, 4.69) is 10.0 Å². The maximum atomic E-state index is 12.7. The van der Waals surface area contributed by atoms with Gasteiger partial charge in [0, 0.05) is 6.54 Å². The molecule has 8 heteroatoms. The summed E-state index contributed by atoms with van der Waals surface area (Å²) in [5.41, 5.74) is 0. The highest BCUT2D eigenvalue weighted by Gasteiger charge is 2.25. The van der Waals surface area contributed by atoms with E-state index < -0.39 is 16.1 Å². The van der Waals surface area contributed by atoms with Gasteiger partial charge in [-0.15, -0.1) is 0 Å². The Kier molecular flexibility index (Phi) is 7.23. The molecule has 142 valence electrons. The summed E-state index contributed by atoms with van der Waals surface area (Å²) in [5.74, 6) is 0.701. The number of hydrogen-bond acceptors (Lipinski definition) is 5. The van der Waals surface area contributed by atoms with Crippen molar-refractivity contribution in [3.8, 4) is 5.75 Å². The van der Waals surface area contributed by atoms with Crippen LogP contribution in [0.25, 0.3) is 0 Å². The third-order valence-corrected chi connectivity index (χ3v) is 5.28. The fraction of sp³-hybridized carbons (Fsp3) is 0.389. The normalized spacial score (nSPS) is 12.5. The predicted molar refractivity (Wildman–Crippen MR) is 97.3 cm³/mol. The van der Waals surface area contributed by atoms with Crippen LogP contribution >= 0.6 is 0 Å². The Morgan fingerprint density at radius 1 is 1.23 bits per heavy atom. The number of unbranched alkanes of at least 4 members (excludes halogenated alkanes) is 1. The van der Waals surface area contributed by atoms with E-state index in [0.29, 0.717) is 18.1 Å². The minimum absolute atomic E-state index is 0.0490. The van der Waals surface area contributed by atoms with Gasteiger partial charge in [0.2, 0.25) is 15.9 Å². The molecule has 26 heavy (non-hydrogen) atoms. The van der Waals surface area contributed by atoms with Crippen molar-refractivity contribution in [3.63, 3.8) is 0 Å². The summed E-state index contributed by atoms with van der Waals surface area (Å²) in [6.07, 6.45) is 3.23. The van der Waals surface area contributed by atoms with Crippen molar-refractivity contribution in [3.05, 3.63) is 48.4 Å². The predicted octanol–water partition coefficient (Wildman–Crippen LogP) is 2.61. The maximum Gasteiger partial charge on any atom is 0.241 e. The molecule has 0 spiro atoms. The third-order valence-electron chi connectivity index (χ3n) is 3.80. The molecule has 0 aliphatic carbocycles. The number of hydrogen-bond donors (Lipinski definition) is 2. The molecular weight excluding hydrogens is 356 g/mol. The summed E-state index contributed by atoms with van der Waals surface area (Å²) in [6, 6.07) is 8.52. The van der Waals surface area contributed by atoms with Crippen molar-refractivity contribution in [1.29, 1.82) is 0 Å². The average Bonchev–Trinajstić information content (AvgIpc) is 3.16. The SMILES string of the molecule is CCCCNC(=O)C[C@@H](NS(=O)(=O)c1ccc(OC)cc1)c1ccco1. The first-order chi connectivity index (χ1) is 12.5. The molecule has 1 amide bonds. The quantitative estimate of drug-likeness (QED) is 0.618. The molecule has 0 fully saturated rings. The van der Waals surface area contributed by atoms with Crippen LogP contribution in [0.4, 0.5) is 0 Å². The third kappa shape index (κ3) is 5.60. The molecule has 7 nitrogen and oxygen atoms in total. The summed E-state index contributed by atoms with van der Waals surface area (Å²) in [7, 11) is -2.32. The number of benzene rings is 1. The first kappa shape index (κ1) is 20.0. The Labute approximate surface area is 153 Å². The zero-order chi connectivity index (χ0) is 19.0. The lowest BCUT2D eigenvalue weighted by atomic mass is 10.1. The second kappa shape index (κ2) is 9.40. The van der Waals surface area contributed by atoms with Crippen LogP contribution in [0.2, 0.25) is 0 Å². The highest BCUT2D eigenvalue weighted by molar-refractivity contribution is 7.89. The fourth-order valence-electron chi connectivity index (χ4n) is 2.36. The number of rotatable bonds is 10. The van der Waals surface area contributed by atoms with Crippen LogP contribution in [0, 0.1) is 0 Å². The van der Waals surface area contributed by atoms with Gasteiger partial charge in [-0.2, -0.15) is 4.72 Å². The van der Waals surface area contributed by atoms with E-state index in [0.717, 1.165) is 12.8 Å². The van der Waals surface area contributed by atoms with Crippen molar-refractivity contribution in [1.82, 2.24) is 10.0 Å². The Morgan fingerprint density at radius 2 is 1.96 bits per heavy atom. The van der Waals surface area contributed by atoms with Gasteiger partial charge < -0.3 is 14.5 Å². The smallest absolute Gasteiger partial charge is 0.241 e. The van der Waals surface area contributed by atoms with Crippen LogP contribution in [-0.4, -0.2) is 28.0 Å². The van der Waals surface area contributed by atoms with E-state index >= 15 is 0 Å². The highest BCUT2D eigenvalue weighted by atomic mass is 32.2. The van der Waals surface area contributed by atoms with Gasteiger partial charge >= 0.3 is 0 Å². The second-order valence-electron chi connectivity index (χ2n) is 5.77. The average molecular weight is 380 g/mol. The molecule has 2 aromatic rings. The summed E-state index contributed by atoms with van der Waals surface area (Å²) in [6.45, 7) is 2.59. The molecule has 1 aromatic heterocycles. The van der Waals surface area contributed by atoms with E-state index in [1.54, 1.807) is 24.3 Å². The number of carbonyl (C=O) groups excluding carboxylic acids is 1. The van der Waals surface area contributed by atoms with Gasteiger partial charge in [0.25, 0.3) is 0 Å². The van der Waals surface area contributed by atoms with Gasteiger partial charge in [0.15, 0.2) is 0 Å². The number of sulfonamides is 1. The largest absolute Gasteiger partial charge is 0.497 e. The van der Waals surface area contributed by atoms with Crippen molar-refractivity contribution < 1.29 is 22.4 Å². The number of nitrogens with one attached hydrogen (secondary N) is 2. The first-order valence-electron chi connectivity index (χ1n) is 8.42. The van der Waals surface area contributed by atoms with Gasteiger partial charge in [0.1, 0.15) is 11.5 Å². The molecule has 1 atom stereocenters. The number of carbonyl (C=O) groups is 1. The number of furan rings is 1. The van der Waals surface area contributed by atoms with Crippen molar-refractivity contribution >= 4 is 15.9 Å². The maximum absolute atomic E-state index is 12.7. The molecule has 0 unspecified atom stereocenters. The number of amides is 1. The molecule has 0 bridgehead atoms. The van der Waals surface area contributed by atoms with E-state index in [-0.39, 0.29) is 17.2 Å². The molecule has 1 heterocycles.